The van der Waals surface area contributed by atoms with Gasteiger partial charge in [0.05, 0.1) is 12.4 Å². The number of rotatable bonds is 9. The highest BCUT2D eigenvalue weighted by atomic mass is 32.2. The molecule has 0 saturated heterocycles. The molecule has 0 fully saturated rings. The molecule has 0 unspecified atom stereocenters. The van der Waals surface area contributed by atoms with Crippen molar-refractivity contribution in [3.8, 4) is 0 Å². The maximum absolute atomic E-state index is 14.1. The molecule has 0 bridgehead atoms. The smallest absolute Gasteiger partial charge is 0.328 e. The number of esters is 1. The van der Waals surface area contributed by atoms with Gasteiger partial charge in [-0.05, 0) is 28.7 Å². The van der Waals surface area contributed by atoms with Gasteiger partial charge in [-0.3, -0.25) is 14.4 Å². The number of hydrogen-bond acceptors (Lipinski definition) is 6. The number of nitrogens with one attached hydrogen (secondary N) is 1. The third-order valence-corrected chi connectivity index (χ3v) is 7.76. The number of fused-ring (bicyclic) bond motifs is 1. The van der Waals surface area contributed by atoms with E-state index >= 15 is 0 Å². The van der Waals surface area contributed by atoms with Crippen molar-refractivity contribution in [1.29, 1.82) is 0 Å². The molecule has 4 rings (SSSR count). The van der Waals surface area contributed by atoms with Crippen LogP contribution in [0.15, 0.2) is 84.9 Å². The minimum Gasteiger partial charge on any atom is -0.467 e. The van der Waals surface area contributed by atoms with Crippen LogP contribution in [0.25, 0.3) is 0 Å². The standard InChI is InChI=1S/C31H32N2O5S/c1-21(34)39-28(18-23-13-7-4-8-14-23)29(35)32-26(17-22-11-5-3-6-12-22)30(36)33-20-25-16-10-9-15-24(25)19-27(33)31(37)38-2/h3-16,26-28H,17-20H2,1-2H3,(H,32,35)/t26-,27-,28-/m0/s1. The summed E-state index contributed by atoms with van der Waals surface area (Å²) in [4.78, 5) is 54.0. The number of nitrogens with zero attached hydrogens (tertiary/aromatic N) is 1. The van der Waals surface area contributed by atoms with Crippen molar-refractivity contribution in [2.24, 2.45) is 0 Å². The Bertz CT molecular complexity index is 1310. The average Bonchev–Trinajstić information content (AvgIpc) is 2.95. The molecule has 0 saturated carbocycles. The predicted molar refractivity (Wildman–Crippen MR) is 151 cm³/mol. The van der Waals surface area contributed by atoms with Gasteiger partial charge < -0.3 is 15.0 Å². The summed E-state index contributed by atoms with van der Waals surface area (Å²) in [6, 6.07) is 24.8. The molecule has 2 amide bonds. The summed E-state index contributed by atoms with van der Waals surface area (Å²) >= 11 is 0.948. The zero-order valence-corrected chi connectivity index (χ0v) is 22.9. The summed E-state index contributed by atoms with van der Waals surface area (Å²) in [5.74, 6) is -1.28. The largest absolute Gasteiger partial charge is 0.467 e. The first-order valence-electron chi connectivity index (χ1n) is 12.9. The summed E-state index contributed by atoms with van der Waals surface area (Å²) < 4.78 is 5.05. The minimum atomic E-state index is -0.942. The monoisotopic (exact) mass is 544 g/mol. The summed E-state index contributed by atoms with van der Waals surface area (Å²) in [6.07, 6.45) is 0.905. The molecule has 3 aromatic rings. The van der Waals surface area contributed by atoms with E-state index in [2.05, 4.69) is 5.32 Å². The van der Waals surface area contributed by atoms with Gasteiger partial charge in [0.15, 0.2) is 5.12 Å². The fourth-order valence-electron chi connectivity index (χ4n) is 4.83. The van der Waals surface area contributed by atoms with Gasteiger partial charge in [0, 0.05) is 26.3 Å². The van der Waals surface area contributed by atoms with Gasteiger partial charge >= 0.3 is 5.97 Å². The molecule has 0 aromatic heterocycles. The van der Waals surface area contributed by atoms with Crippen LogP contribution in [-0.2, 0) is 49.7 Å². The summed E-state index contributed by atoms with van der Waals surface area (Å²) in [7, 11) is 1.31. The first-order valence-corrected chi connectivity index (χ1v) is 13.7. The van der Waals surface area contributed by atoms with E-state index in [1.165, 1.54) is 18.9 Å². The van der Waals surface area contributed by atoms with E-state index in [0.717, 1.165) is 34.0 Å². The highest BCUT2D eigenvalue weighted by Gasteiger charge is 2.39. The Morgan fingerprint density at radius 2 is 1.44 bits per heavy atom. The number of amides is 2. The van der Waals surface area contributed by atoms with E-state index in [0.29, 0.717) is 12.8 Å². The highest BCUT2D eigenvalue weighted by molar-refractivity contribution is 8.14. The van der Waals surface area contributed by atoms with Crippen LogP contribution in [0.5, 0.6) is 0 Å². The van der Waals surface area contributed by atoms with E-state index < -0.39 is 29.2 Å². The van der Waals surface area contributed by atoms with Crippen LogP contribution in [0.4, 0.5) is 0 Å². The molecule has 1 aliphatic heterocycles. The molecule has 202 valence electrons. The quantitative estimate of drug-likeness (QED) is 0.413. The molecule has 3 aromatic carbocycles. The van der Waals surface area contributed by atoms with E-state index in [1.807, 2.05) is 84.9 Å². The number of methoxy groups -OCH3 is 1. The number of carbonyl (C=O) groups is 4. The van der Waals surface area contributed by atoms with Gasteiger partial charge in [-0.2, -0.15) is 0 Å². The zero-order valence-electron chi connectivity index (χ0n) is 22.0. The third kappa shape index (κ3) is 7.35. The normalized spacial score (nSPS) is 15.9. The van der Waals surface area contributed by atoms with Crippen LogP contribution >= 0.6 is 11.8 Å². The molecule has 3 atom stereocenters. The minimum absolute atomic E-state index is 0.185. The third-order valence-electron chi connectivity index (χ3n) is 6.77. The van der Waals surface area contributed by atoms with Gasteiger partial charge in [0.2, 0.25) is 11.8 Å². The van der Waals surface area contributed by atoms with E-state index in [1.54, 1.807) is 0 Å². The fraction of sp³-hybridized carbons (Fsp3) is 0.290. The molecule has 39 heavy (non-hydrogen) atoms. The highest BCUT2D eigenvalue weighted by Crippen LogP contribution is 2.26. The molecule has 7 nitrogen and oxygen atoms in total. The van der Waals surface area contributed by atoms with Crippen LogP contribution in [0.2, 0.25) is 0 Å². The summed E-state index contributed by atoms with van der Waals surface area (Å²) in [5.41, 5.74) is 3.71. The Morgan fingerprint density at radius 3 is 2.03 bits per heavy atom. The van der Waals surface area contributed by atoms with E-state index in [-0.39, 0.29) is 24.0 Å². The molecule has 1 heterocycles. The van der Waals surface area contributed by atoms with Crippen LogP contribution in [0.3, 0.4) is 0 Å². The number of ether oxygens (including phenoxy) is 1. The topological polar surface area (TPSA) is 92.8 Å². The van der Waals surface area contributed by atoms with Crippen molar-refractivity contribution in [2.45, 2.75) is 50.1 Å². The lowest BCUT2D eigenvalue weighted by molar-refractivity contribution is -0.155. The lowest BCUT2D eigenvalue weighted by atomic mass is 9.92. The molecule has 0 spiro atoms. The molecule has 1 aliphatic rings. The maximum Gasteiger partial charge on any atom is 0.328 e. The molecular formula is C31H32N2O5S. The second-order valence-corrected chi connectivity index (χ2v) is 10.9. The maximum atomic E-state index is 14.1. The van der Waals surface area contributed by atoms with Crippen molar-refractivity contribution in [3.05, 3.63) is 107 Å². The predicted octanol–water partition coefficient (Wildman–Crippen LogP) is 3.73. The first-order chi connectivity index (χ1) is 18.9. The molecule has 0 radical (unpaired) electrons. The van der Waals surface area contributed by atoms with Crippen molar-refractivity contribution in [1.82, 2.24) is 10.2 Å². The molecule has 0 aliphatic carbocycles. The molecule has 8 heteroatoms. The number of benzene rings is 3. The second-order valence-electron chi connectivity index (χ2n) is 9.52. The Labute approximate surface area is 232 Å². The Hall–Kier alpha value is -3.91. The number of thioether (sulfide) groups is 1. The van der Waals surface area contributed by atoms with Gasteiger partial charge in [0.25, 0.3) is 0 Å². The second kappa shape index (κ2) is 13.2. The first kappa shape index (κ1) is 28.1. The van der Waals surface area contributed by atoms with Gasteiger partial charge in [0.1, 0.15) is 12.1 Å². The van der Waals surface area contributed by atoms with Crippen LogP contribution < -0.4 is 5.32 Å². The molecular weight excluding hydrogens is 512 g/mol. The van der Waals surface area contributed by atoms with Gasteiger partial charge in [-0.25, -0.2) is 4.79 Å². The summed E-state index contributed by atoms with van der Waals surface area (Å²) in [6.45, 7) is 1.65. The van der Waals surface area contributed by atoms with Crippen LogP contribution in [0.1, 0.15) is 29.2 Å². The Balaban J connectivity index is 1.63. The molecule has 1 N–H and O–H groups in total. The average molecular weight is 545 g/mol. The Kier molecular flexibility index (Phi) is 9.54. The van der Waals surface area contributed by atoms with Crippen molar-refractivity contribution in [3.63, 3.8) is 0 Å². The van der Waals surface area contributed by atoms with Crippen molar-refractivity contribution in [2.75, 3.05) is 7.11 Å². The number of hydrogen-bond donors (Lipinski definition) is 1. The zero-order chi connectivity index (χ0) is 27.8. The van der Waals surface area contributed by atoms with Crippen LogP contribution in [0, 0.1) is 0 Å². The van der Waals surface area contributed by atoms with Gasteiger partial charge in [-0.15, -0.1) is 0 Å². The van der Waals surface area contributed by atoms with E-state index in [9.17, 15) is 19.2 Å². The van der Waals surface area contributed by atoms with E-state index in [4.69, 9.17) is 4.74 Å². The van der Waals surface area contributed by atoms with Gasteiger partial charge in [-0.1, -0.05) is 96.7 Å². The Morgan fingerprint density at radius 1 is 0.872 bits per heavy atom. The van der Waals surface area contributed by atoms with Crippen molar-refractivity contribution >= 4 is 34.7 Å². The fourth-order valence-corrected chi connectivity index (χ4v) is 5.68. The number of carbonyl (C=O) groups excluding carboxylic acids is 4. The SMILES string of the molecule is COC(=O)[C@@H]1Cc2ccccc2CN1C(=O)[C@H](Cc1ccccc1)NC(=O)[C@H](Cc1ccccc1)SC(C)=O. The lowest BCUT2D eigenvalue weighted by Gasteiger charge is -2.37. The summed E-state index contributed by atoms with van der Waals surface area (Å²) in [5, 5.41) is 2.04. The van der Waals surface area contributed by atoms with Crippen LogP contribution in [-0.4, -0.2) is 52.2 Å². The van der Waals surface area contributed by atoms with Crippen molar-refractivity contribution < 1.29 is 23.9 Å². The lowest BCUT2D eigenvalue weighted by Crippen LogP contribution is -2.57.